The molecule has 118 valence electrons. The summed E-state index contributed by atoms with van der Waals surface area (Å²) in [5, 5.41) is 6.60. The van der Waals surface area contributed by atoms with Crippen molar-refractivity contribution >= 4 is 11.3 Å². The van der Waals surface area contributed by atoms with Crippen molar-refractivity contribution in [3.05, 3.63) is 35.3 Å². The van der Waals surface area contributed by atoms with E-state index in [1.165, 1.54) is 19.4 Å². The highest BCUT2D eigenvalue weighted by Gasteiger charge is 2.19. The standard InChI is InChI=1S/C17H23N3OS/c1-18-13-6-5-9-20(10-13)11-14-12-22-17(19-14)15-7-3-4-8-16(15)21-2/h3-4,7-8,12-13,18H,5-6,9-11H2,1-2H3. The average Bonchev–Trinajstić information content (AvgIpc) is 3.03. The van der Waals surface area contributed by atoms with Gasteiger partial charge in [0.05, 0.1) is 18.4 Å². The fourth-order valence-corrected chi connectivity index (χ4v) is 3.83. The van der Waals surface area contributed by atoms with Gasteiger partial charge in [-0.25, -0.2) is 4.98 Å². The SMILES string of the molecule is CNC1CCCN(Cc2csc(-c3ccccc3OC)n2)C1. The second kappa shape index (κ2) is 7.22. The monoisotopic (exact) mass is 317 g/mol. The lowest BCUT2D eigenvalue weighted by molar-refractivity contribution is 0.186. The Bertz CT molecular complexity index is 613. The van der Waals surface area contributed by atoms with E-state index in [-0.39, 0.29) is 0 Å². The van der Waals surface area contributed by atoms with Crippen LogP contribution in [0.15, 0.2) is 29.6 Å². The molecule has 2 aromatic rings. The van der Waals surface area contributed by atoms with Crippen LogP contribution in [-0.4, -0.2) is 43.2 Å². The van der Waals surface area contributed by atoms with Gasteiger partial charge in [0.25, 0.3) is 0 Å². The van der Waals surface area contributed by atoms with Crippen LogP contribution in [0.1, 0.15) is 18.5 Å². The van der Waals surface area contributed by atoms with E-state index in [4.69, 9.17) is 9.72 Å². The topological polar surface area (TPSA) is 37.4 Å². The van der Waals surface area contributed by atoms with Crippen molar-refractivity contribution in [3.63, 3.8) is 0 Å². The van der Waals surface area contributed by atoms with Gasteiger partial charge in [0.2, 0.25) is 0 Å². The van der Waals surface area contributed by atoms with Gasteiger partial charge in [0, 0.05) is 24.5 Å². The van der Waals surface area contributed by atoms with E-state index in [9.17, 15) is 0 Å². The molecule has 1 saturated heterocycles. The highest BCUT2D eigenvalue weighted by Crippen LogP contribution is 2.32. The normalized spacial score (nSPS) is 19.3. The minimum absolute atomic E-state index is 0.612. The molecule has 1 fully saturated rings. The molecule has 4 nitrogen and oxygen atoms in total. The number of nitrogens with one attached hydrogen (secondary N) is 1. The van der Waals surface area contributed by atoms with Crippen molar-refractivity contribution < 1.29 is 4.74 Å². The van der Waals surface area contributed by atoms with Gasteiger partial charge in [-0.15, -0.1) is 11.3 Å². The second-order valence-electron chi connectivity index (χ2n) is 5.71. The third-order valence-corrected chi connectivity index (χ3v) is 5.11. The first-order valence-electron chi connectivity index (χ1n) is 7.77. The summed E-state index contributed by atoms with van der Waals surface area (Å²) in [5.41, 5.74) is 2.23. The molecule has 0 aliphatic carbocycles. The number of rotatable bonds is 5. The summed E-state index contributed by atoms with van der Waals surface area (Å²) in [6.45, 7) is 3.21. The van der Waals surface area contributed by atoms with Gasteiger partial charge in [0.1, 0.15) is 10.8 Å². The molecule has 0 bridgehead atoms. The van der Waals surface area contributed by atoms with Crippen LogP contribution in [0, 0.1) is 0 Å². The highest BCUT2D eigenvalue weighted by molar-refractivity contribution is 7.13. The third kappa shape index (κ3) is 3.48. The summed E-state index contributed by atoms with van der Waals surface area (Å²) in [6, 6.07) is 8.68. The van der Waals surface area contributed by atoms with Crippen LogP contribution in [0.2, 0.25) is 0 Å². The molecule has 0 amide bonds. The number of likely N-dealkylation sites (N-methyl/N-ethyl adjacent to an activating group) is 1. The Morgan fingerprint density at radius 1 is 1.41 bits per heavy atom. The quantitative estimate of drug-likeness (QED) is 0.920. The van der Waals surface area contributed by atoms with Crippen molar-refractivity contribution in [2.75, 3.05) is 27.2 Å². The number of thiazole rings is 1. The first-order chi connectivity index (χ1) is 10.8. The van der Waals surface area contributed by atoms with Gasteiger partial charge in [-0.05, 0) is 38.6 Å². The van der Waals surface area contributed by atoms with Crippen molar-refractivity contribution in [3.8, 4) is 16.3 Å². The number of methoxy groups -OCH3 is 1. The molecule has 1 unspecified atom stereocenters. The molecule has 1 aromatic carbocycles. The number of hydrogen-bond donors (Lipinski definition) is 1. The van der Waals surface area contributed by atoms with Gasteiger partial charge < -0.3 is 10.1 Å². The van der Waals surface area contributed by atoms with Gasteiger partial charge in [-0.1, -0.05) is 12.1 Å². The lowest BCUT2D eigenvalue weighted by Gasteiger charge is -2.31. The van der Waals surface area contributed by atoms with Crippen LogP contribution in [0.4, 0.5) is 0 Å². The number of likely N-dealkylation sites (tertiary alicyclic amines) is 1. The lowest BCUT2D eigenvalue weighted by Crippen LogP contribution is -2.43. The molecular formula is C17H23N3OS. The number of hydrogen-bond acceptors (Lipinski definition) is 5. The number of para-hydroxylation sites is 1. The number of piperidine rings is 1. The van der Waals surface area contributed by atoms with E-state index in [1.54, 1.807) is 18.4 Å². The number of benzene rings is 1. The zero-order valence-corrected chi connectivity index (χ0v) is 14.0. The smallest absolute Gasteiger partial charge is 0.129 e. The molecule has 0 radical (unpaired) electrons. The number of aromatic nitrogens is 1. The Morgan fingerprint density at radius 2 is 2.27 bits per heavy atom. The first kappa shape index (κ1) is 15.5. The van der Waals surface area contributed by atoms with E-state index in [2.05, 4.69) is 28.7 Å². The molecule has 0 spiro atoms. The summed E-state index contributed by atoms with van der Waals surface area (Å²) in [4.78, 5) is 7.30. The molecule has 1 atom stereocenters. The predicted octanol–water partition coefficient (Wildman–Crippen LogP) is 3.00. The maximum Gasteiger partial charge on any atom is 0.129 e. The molecule has 3 rings (SSSR count). The minimum Gasteiger partial charge on any atom is -0.496 e. The van der Waals surface area contributed by atoms with E-state index in [1.807, 2.05) is 18.2 Å². The van der Waals surface area contributed by atoms with Crippen LogP contribution >= 0.6 is 11.3 Å². The fraction of sp³-hybridized carbons (Fsp3) is 0.471. The van der Waals surface area contributed by atoms with Crippen LogP contribution in [0.5, 0.6) is 5.75 Å². The number of nitrogens with zero attached hydrogens (tertiary/aromatic N) is 2. The Labute approximate surface area is 136 Å². The molecule has 1 aliphatic heterocycles. The molecule has 1 aromatic heterocycles. The maximum absolute atomic E-state index is 5.44. The van der Waals surface area contributed by atoms with Crippen LogP contribution < -0.4 is 10.1 Å². The largest absolute Gasteiger partial charge is 0.496 e. The molecule has 0 saturated carbocycles. The summed E-state index contributed by atoms with van der Waals surface area (Å²) in [7, 11) is 3.76. The van der Waals surface area contributed by atoms with Crippen LogP contribution in [0.3, 0.4) is 0 Å². The molecule has 2 heterocycles. The molecule has 1 N–H and O–H groups in total. The lowest BCUT2D eigenvalue weighted by atomic mass is 10.1. The van der Waals surface area contributed by atoms with Gasteiger partial charge in [-0.2, -0.15) is 0 Å². The molecule has 5 heteroatoms. The van der Waals surface area contributed by atoms with Crippen LogP contribution in [0.25, 0.3) is 10.6 Å². The van der Waals surface area contributed by atoms with Crippen molar-refractivity contribution in [2.24, 2.45) is 0 Å². The third-order valence-electron chi connectivity index (χ3n) is 4.19. The second-order valence-corrected chi connectivity index (χ2v) is 6.57. The Balaban J connectivity index is 1.71. The highest BCUT2D eigenvalue weighted by atomic mass is 32.1. The summed E-state index contributed by atoms with van der Waals surface area (Å²) >= 11 is 1.69. The maximum atomic E-state index is 5.44. The van der Waals surface area contributed by atoms with E-state index < -0.39 is 0 Å². The molecule has 22 heavy (non-hydrogen) atoms. The fourth-order valence-electron chi connectivity index (χ4n) is 2.99. The zero-order chi connectivity index (χ0) is 15.4. The molecular weight excluding hydrogens is 294 g/mol. The van der Waals surface area contributed by atoms with E-state index in [0.717, 1.165) is 35.1 Å². The summed E-state index contributed by atoms with van der Waals surface area (Å²) in [5.74, 6) is 0.886. The number of ether oxygens (including phenoxy) is 1. The average molecular weight is 317 g/mol. The van der Waals surface area contributed by atoms with Crippen molar-refractivity contribution in [1.29, 1.82) is 0 Å². The van der Waals surface area contributed by atoms with Crippen molar-refractivity contribution in [2.45, 2.75) is 25.4 Å². The Morgan fingerprint density at radius 3 is 3.09 bits per heavy atom. The van der Waals surface area contributed by atoms with Crippen molar-refractivity contribution in [1.82, 2.24) is 15.2 Å². The first-order valence-corrected chi connectivity index (χ1v) is 8.65. The van der Waals surface area contributed by atoms with E-state index >= 15 is 0 Å². The Hall–Kier alpha value is -1.43. The summed E-state index contributed by atoms with van der Waals surface area (Å²) in [6.07, 6.45) is 2.53. The predicted molar refractivity (Wildman–Crippen MR) is 91.5 cm³/mol. The van der Waals surface area contributed by atoms with E-state index in [0.29, 0.717) is 6.04 Å². The Kier molecular flexibility index (Phi) is 5.08. The van der Waals surface area contributed by atoms with Crippen LogP contribution in [-0.2, 0) is 6.54 Å². The van der Waals surface area contributed by atoms with Gasteiger partial charge in [0.15, 0.2) is 0 Å². The molecule has 1 aliphatic rings. The summed E-state index contributed by atoms with van der Waals surface area (Å²) < 4.78 is 5.44. The van der Waals surface area contributed by atoms with Gasteiger partial charge >= 0.3 is 0 Å². The minimum atomic E-state index is 0.612. The zero-order valence-electron chi connectivity index (χ0n) is 13.2. The van der Waals surface area contributed by atoms with Gasteiger partial charge in [-0.3, -0.25) is 4.90 Å².